The average Bonchev–Trinajstić information content (AvgIpc) is 2.19. The summed E-state index contributed by atoms with van der Waals surface area (Å²) >= 11 is 0. The number of rotatable bonds is 4. The quantitative estimate of drug-likeness (QED) is 0.806. The zero-order valence-corrected chi connectivity index (χ0v) is 8.54. The number of carboxylic acids is 1. The van der Waals surface area contributed by atoms with Crippen molar-refractivity contribution in [3.05, 3.63) is 35.9 Å². The van der Waals surface area contributed by atoms with Gasteiger partial charge < -0.3 is 9.84 Å². The van der Waals surface area contributed by atoms with E-state index in [0.717, 1.165) is 0 Å². The number of halogens is 2. The fraction of sp³-hybridized carbons (Fsp3) is 0.182. The minimum Gasteiger partial charge on any atom is -0.478 e. The van der Waals surface area contributed by atoms with Crippen LogP contribution in [0.25, 0.3) is 5.57 Å². The SMILES string of the molecule is C=C(C(=O)O)c1cccc(C)c1OC(F)F. The summed E-state index contributed by atoms with van der Waals surface area (Å²) in [6.45, 7) is 1.86. The van der Waals surface area contributed by atoms with E-state index in [0.29, 0.717) is 5.56 Å². The number of aryl methyl sites for hydroxylation is 1. The van der Waals surface area contributed by atoms with Gasteiger partial charge in [-0.2, -0.15) is 8.78 Å². The van der Waals surface area contributed by atoms with Crippen molar-refractivity contribution in [3.8, 4) is 5.75 Å². The van der Waals surface area contributed by atoms with E-state index in [1.807, 2.05) is 0 Å². The Hall–Kier alpha value is -1.91. The van der Waals surface area contributed by atoms with Gasteiger partial charge in [0.05, 0.1) is 5.57 Å². The number of alkyl halides is 2. The Morgan fingerprint density at radius 3 is 2.62 bits per heavy atom. The van der Waals surface area contributed by atoms with Crippen molar-refractivity contribution in [1.82, 2.24) is 0 Å². The van der Waals surface area contributed by atoms with E-state index in [1.165, 1.54) is 6.07 Å². The monoisotopic (exact) mass is 228 g/mol. The van der Waals surface area contributed by atoms with E-state index in [2.05, 4.69) is 11.3 Å². The third-order valence-electron chi connectivity index (χ3n) is 2.00. The molecule has 0 fully saturated rings. The lowest BCUT2D eigenvalue weighted by Crippen LogP contribution is -2.08. The molecule has 0 amide bonds. The van der Waals surface area contributed by atoms with E-state index in [9.17, 15) is 13.6 Å². The summed E-state index contributed by atoms with van der Waals surface area (Å²) in [4.78, 5) is 10.7. The van der Waals surface area contributed by atoms with Gasteiger partial charge in [-0.25, -0.2) is 4.79 Å². The summed E-state index contributed by atoms with van der Waals surface area (Å²) in [5, 5.41) is 8.74. The highest BCUT2D eigenvalue weighted by atomic mass is 19.3. The van der Waals surface area contributed by atoms with Crippen molar-refractivity contribution in [2.75, 3.05) is 0 Å². The van der Waals surface area contributed by atoms with Crippen molar-refractivity contribution in [3.63, 3.8) is 0 Å². The van der Waals surface area contributed by atoms with Crippen LogP contribution < -0.4 is 4.74 Å². The van der Waals surface area contributed by atoms with Gasteiger partial charge in [-0.15, -0.1) is 0 Å². The highest BCUT2D eigenvalue weighted by Gasteiger charge is 2.17. The Bertz CT molecular complexity index is 427. The standard InChI is InChI=1S/C11H10F2O3/c1-6-4-3-5-8(7(2)10(14)15)9(6)16-11(12)13/h3-5,11H,2H2,1H3,(H,14,15). The summed E-state index contributed by atoms with van der Waals surface area (Å²) < 4.78 is 28.6. The van der Waals surface area contributed by atoms with Gasteiger partial charge >= 0.3 is 12.6 Å². The van der Waals surface area contributed by atoms with Gasteiger partial charge in [-0.1, -0.05) is 24.8 Å². The predicted molar refractivity (Wildman–Crippen MR) is 54.5 cm³/mol. The molecule has 1 N–H and O–H groups in total. The molecule has 16 heavy (non-hydrogen) atoms. The second-order valence-electron chi connectivity index (χ2n) is 3.11. The van der Waals surface area contributed by atoms with E-state index < -0.39 is 12.6 Å². The third-order valence-corrected chi connectivity index (χ3v) is 2.00. The Kier molecular flexibility index (Phi) is 3.60. The molecule has 0 heterocycles. The van der Waals surface area contributed by atoms with E-state index in [-0.39, 0.29) is 16.9 Å². The molecule has 5 heteroatoms. The molecular formula is C11H10F2O3. The lowest BCUT2D eigenvalue weighted by molar-refractivity contribution is -0.130. The average molecular weight is 228 g/mol. The van der Waals surface area contributed by atoms with E-state index >= 15 is 0 Å². The van der Waals surface area contributed by atoms with Crippen LogP contribution in [0.1, 0.15) is 11.1 Å². The first-order valence-corrected chi connectivity index (χ1v) is 4.40. The van der Waals surface area contributed by atoms with Crippen LogP contribution in [0.3, 0.4) is 0 Å². The van der Waals surface area contributed by atoms with Crippen molar-refractivity contribution in [2.24, 2.45) is 0 Å². The molecule has 0 atom stereocenters. The summed E-state index contributed by atoms with van der Waals surface area (Å²) in [5.41, 5.74) is 0.215. The fourth-order valence-corrected chi connectivity index (χ4v) is 1.25. The Morgan fingerprint density at radius 2 is 2.12 bits per heavy atom. The molecule has 0 unspecified atom stereocenters. The van der Waals surface area contributed by atoms with Gasteiger partial charge in [0.2, 0.25) is 0 Å². The number of ether oxygens (including phenoxy) is 1. The molecule has 0 radical (unpaired) electrons. The number of carbonyl (C=O) groups is 1. The highest BCUT2D eigenvalue weighted by Crippen LogP contribution is 2.30. The normalized spacial score (nSPS) is 10.2. The molecule has 1 aromatic rings. The van der Waals surface area contributed by atoms with Crippen molar-refractivity contribution < 1.29 is 23.4 Å². The number of aliphatic carboxylic acids is 1. The largest absolute Gasteiger partial charge is 0.478 e. The molecule has 0 aliphatic heterocycles. The molecular weight excluding hydrogens is 218 g/mol. The summed E-state index contributed by atoms with van der Waals surface area (Å²) in [5.74, 6) is -1.42. The van der Waals surface area contributed by atoms with Gasteiger partial charge in [-0.05, 0) is 12.5 Å². The maximum absolute atomic E-state index is 12.1. The molecule has 0 saturated carbocycles. The maximum Gasteiger partial charge on any atom is 0.387 e. The number of hydrogen-bond acceptors (Lipinski definition) is 2. The first-order valence-electron chi connectivity index (χ1n) is 4.40. The Morgan fingerprint density at radius 1 is 1.50 bits per heavy atom. The van der Waals surface area contributed by atoms with Gasteiger partial charge in [0, 0.05) is 5.56 Å². The lowest BCUT2D eigenvalue weighted by Gasteiger charge is -2.12. The second-order valence-corrected chi connectivity index (χ2v) is 3.11. The van der Waals surface area contributed by atoms with Crippen molar-refractivity contribution >= 4 is 11.5 Å². The Balaban J connectivity index is 3.22. The smallest absolute Gasteiger partial charge is 0.387 e. The molecule has 3 nitrogen and oxygen atoms in total. The van der Waals surface area contributed by atoms with Crippen LogP contribution in [0, 0.1) is 6.92 Å². The molecule has 0 spiro atoms. The lowest BCUT2D eigenvalue weighted by atomic mass is 10.0. The predicted octanol–water partition coefficient (Wildman–Crippen LogP) is 2.69. The van der Waals surface area contributed by atoms with Crippen LogP contribution in [-0.4, -0.2) is 17.7 Å². The zero-order valence-electron chi connectivity index (χ0n) is 8.54. The van der Waals surface area contributed by atoms with Crippen LogP contribution in [-0.2, 0) is 4.79 Å². The molecule has 0 saturated heterocycles. The van der Waals surface area contributed by atoms with Crippen LogP contribution in [0.4, 0.5) is 8.78 Å². The van der Waals surface area contributed by atoms with E-state index in [1.54, 1.807) is 19.1 Å². The van der Waals surface area contributed by atoms with Gasteiger partial charge in [-0.3, -0.25) is 0 Å². The third kappa shape index (κ3) is 2.56. The van der Waals surface area contributed by atoms with Crippen LogP contribution in [0.15, 0.2) is 24.8 Å². The topological polar surface area (TPSA) is 46.5 Å². The van der Waals surface area contributed by atoms with Crippen LogP contribution >= 0.6 is 0 Å². The minimum absolute atomic E-state index is 0.0628. The zero-order chi connectivity index (χ0) is 12.3. The van der Waals surface area contributed by atoms with Gasteiger partial charge in [0.25, 0.3) is 0 Å². The molecule has 0 aromatic heterocycles. The van der Waals surface area contributed by atoms with Gasteiger partial charge in [0.15, 0.2) is 0 Å². The molecule has 1 aromatic carbocycles. The molecule has 86 valence electrons. The number of hydrogen-bond donors (Lipinski definition) is 1. The molecule has 0 aliphatic rings. The molecule has 1 rings (SSSR count). The molecule has 0 bridgehead atoms. The van der Waals surface area contributed by atoms with Crippen molar-refractivity contribution in [2.45, 2.75) is 13.5 Å². The Labute approximate surface area is 91.0 Å². The number of benzene rings is 1. The summed E-state index contributed by atoms with van der Waals surface area (Å²) in [6.07, 6.45) is 0. The highest BCUT2D eigenvalue weighted by molar-refractivity contribution is 6.15. The summed E-state index contributed by atoms with van der Waals surface area (Å²) in [6, 6.07) is 4.48. The van der Waals surface area contributed by atoms with Crippen LogP contribution in [0.5, 0.6) is 5.75 Å². The van der Waals surface area contributed by atoms with E-state index in [4.69, 9.17) is 5.11 Å². The number of carboxylic acid groups (broad SMARTS) is 1. The second kappa shape index (κ2) is 4.74. The fourth-order valence-electron chi connectivity index (χ4n) is 1.25. The summed E-state index contributed by atoms with van der Waals surface area (Å²) in [7, 11) is 0. The first-order chi connectivity index (χ1) is 7.43. The minimum atomic E-state index is -3.00. The molecule has 0 aliphatic carbocycles. The first kappa shape index (κ1) is 12.2. The number of para-hydroxylation sites is 1. The van der Waals surface area contributed by atoms with Gasteiger partial charge in [0.1, 0.15) is 5.75 Å². The van der Waals surface area contributed by atoms with Crippen LogP contribution in [0.2, 0.25) is 0 Å². The maximum atomic E-state index is 12.1. The van der Waals surface area contributed by atoms with Crippen molar-refractivity contribution in [1.29, 1.82) is 0 Å².